The second kappa shape index (κ2) is 6.61. The highest BCUT2D eigenvalue weighted by Crippen LogP contribution is 2.14. The fourth-order valence-corrected chi connectivity index (χ4v) is 1.40. The summed E-state index contributed by atoms with van der Waals surface area (Å²) in [6.45, 7) is 0.138. The smallest absolute Gasteiger partial charge is 0.372 e. The van der Waals surface area contributed by atoms with Crippen LogP contribution in [0.15, 0.2) is 12.3 Å². The molecule has 1 aromatic heterocycles. The minimum atomic E-state index is -4.25. The van der Waals surface area contributed by atoms with Gasteiger partial charge < -0.3 is 10.1 Å². The maximum Gasteiger partial charge on any atom is 0.411 e. The first-order chi connectivity index (χ1) is 8.03. The summed E-state index contributed by atoms with van der Waals surface area (Å²) in [6, 6.07) is 1.87. The molecule has 1 aromatic rings. The summed E-state index contributed by atoms with van der Waals surface area (Å²) >= 11 is 0. The van der Waals surface area contributed by atoms with Crippen LogP contribution in [0.4, 0.5) is 13.2 Å². The molecule has 0 aliphatic heterocycles. The quantitative estimate of drug-likeness (QED) is 0.748. The summed E-state index contributed by atoms with van der Waals surface area (Å²) < 4.78 is 41.6. The van der Waals surface area contributed by atoms with E-state index in [0.717, 1.165) is 5.69 Å². The first-order valence-corrected chi connectivity index (χ1v) is 5.32. The Morgan fingerprint density at radius 2 is 2.24 bits per heavy atom. The van der Waals surface area contributed by atoms with Gasteiger partial charge in [0.25, 0.3) is 0 Å². The van der Waals surface area contributed by atoms with Crippen molar-refractivity contribution in [1.82, 2.24) is 15.1 Å². The van der Waals surface area contributed by atoms with Crippen molar-refractivity contribution in [2.75, 3.05) is 20.3 Å². The fraction of sp³-hybridized carbons (Fsp3) is 0.700. The molecule has 1 rings (SSSR count). The van der Waals surface area contributed by atoms with E-state index in [4.69, 9.17) is 0 Å². The zero-order chi connectivity index (χ0) is 12.7. The van der Waals surface area contributed by atoms with Crippen molar-refractivity contribution >= 4 is 0 Å². The number of hydrogen-bond acceptors (Lipinski definition) is 3. The lowest BCUT2D eigenvalue weighted by Gasteiger charge is -2.09. The lowest BCUT2D eigenvalue weighted by atomic mass is 10.4. The van der Waals surface area contributed by atoms with Crippen LogP contribution in [0.3, 0.4) is 0 Å². The van der Waals surface area contributed by atoms with Crippen molar-refractivity contribution in [3.8, 4) is 0 Å². The Morgan fingerprint density at radius 1 is 1.47 bits per heavy atom. The van der Waals surface area contributed by atoms with Crippen molar-refractivity contribution < 1.29 is 17.9 Å². The second-order valence-corrected chi connectivity index (χ2v) is 3.60. The van der Waals surface area contributed by atoms with Gasteiger partial charge in [0.05, 0.1) is 5.69 Å². The van der Waals surface area contributed by atoms with Gasteiger partial charge in [0.2, 0.25) is 0 Å². The topological polar surface area (TPSA) is 39.1 Å². The largest absolute Gasteiger partial charge is 0.411 e. The van der Waals surface area contributed by atoms with E-state index in [1.165, 1.54) is 0 Å². The second-order valence-electron chi connectivity index (χ2n) is 3.60. The minimum Gasteiger partial charge on any atom is -0.372 e. The molecule has 0 spiro atoms. The van der Waals surface area contributed by atoms with Crippen LogP contribution in [0.25, 0.3) is 0 Å². The Hall–Kier alpha value is -1.08. The monoisotopic (exact) mass is 251 g/mol. The highest BCUT2D eigenvalue weighted by atomic mass is 19.4. The van der Waals surface area contributed by atoms with Crippen LogP contribution in [0.5, 0.6) is 0 Å². The maximum atomic E-state index is 11.8. The van der Waals surface area contributed by atoms with Crippen molar-refractivity contribution in [2.45, 2.75) is 25.7 Å². The molecule has 98 valence electrons. The number of aromatic nitrogens is 2. The van der Waals surface area contributed by atoms with E-state index >= 15 is 0 Å². The van der Waals surface area contributed by atoms with E-state index in [1.807, 2.05) is 13.1 Å². The van der Waals surface area contributed by atoms with Gasteiger partial charge in [-0.2, -0.15) is 18.3 Å². The van der Waals surface area contributed by atoms with Gasteiger partial charge in [-0.25, -0.2) is 0 Å². The van der Waals surface area contributed by atoms with Gasteiger partial charge >= 0.3 is 6.18 Å². The van der Waals surface area contributed by atoms with Crippen LogP contribution >= 0.6 is 0 Å². The zero-order valence-corrected chi connectivity index (χ0v) is 9.63. The number of aryl methyl sites for hydroxylation is 1. The maximum absolute atomic E-state index is 11.8. The molecule has 4 nitrogen and oxygen atoms in total. The molecule has 0 saturated heterocycles. The molecular formula is C10H16F3N3O. The molecule has 0 unspecified atom stereocenters. The molecule has 0 saturated carbocycles. The standard InChI is InChI=1S/C10H16F3N3O/c1-14-7-9-3-4-15-16(9)5-2-6-17-8-10(11,12)13/h3-4,14H,2,5-8H2,1H3. The third kappa shape index (κ3) is 5.69. The molecule has 1 N–H and O–H groups in total. The Bertz CT molecular complexity index is 325. The van der Waals surface area contributed by atoms with E-state index in [2.05, 4.69) is 15.2 Å². The lowest BCUT2D eigenvalue weighted by molar-refractivity contribution is -0.174. The number of hydrogen-bond donors (Lipinski definition) is 1. The predicted molar refractivity (Wildman–Crippen MR) is 56.5 cm³/mol. The van der Waals surface area contributed by atoms with Crippen LogP contribution < -0.4 is 5.32 Å². The van der Waals surface area contributed by atoms with Crippen LogP contribution in [0, 0.1) is 0 Å². The summed E-state index contributed by atoms with van der Waals surface area (Å²) in [4.78, 5) is 0. The number of nitrogens with one attached hydrogen (secondary N) is 1. The molecule has 0 fully saturated rings. The molecule has 17 heavy (non-hydrogen) atoms. The molecular weight excluding hydrogens is 235 g/mol. The van der Waals surface area contributed by atoms with Gasteiger partial charge in [-0.1, -0.05) is 0 Å². The van der Waals surface area contributed by atoms with E-state index in [-0.39, 0.29) is 6.61 Å². The van der Waals surface area contributed by atoms with Crippen LogP contribution in [-0.4, -0.2) is 36.2 Å². The molecule has 0 bridgehead atoms. The zero-order valence-electron chi connectivity index (χ0n) is 9.63. The number of nitrogens with zero attached hydrogens (tertiary/aromatic N) is 2. The van der Waals surface area contributed by atoms with Crippen LogP contribution in [0.1, 0.15) is 12.1 Å². The Kier molecular flexibility index (Phi) is 5.43. The molecule has 7 heteroatoms. The van der Waals surface area contributed by atoms with E-state index in [0.29, 0.717) is 19.5 Å². The minimum absolute atomic E-state index is 0.0817. The average molecular weight is 251 g/mol. The molecule has 0 aliphatic carbocycles. The summed E-state index contributed by atoms with van der Waals surface area (Å²) in [5.41, 5.74) is 1.00. The lowest BCUT2D eigenvalue weighted by Crippen LogP contribution is -2.18. The molecule has 0 radical (unpaired) electrons. The SMILES string of the molecule is CNCc1ccnn1CCCOCC(F)(F)F. The third-order valence-corrected chi connectivity index (χ3v) is 2.09. The van der Waals surface area contributed by atoms with Crippen molar-refractivity contribution in [2.24, 2.45) is 0 Å². The van der Waals surface area contributed by atoms with Gasteiger partial charge in [-0.3, -0.25) is 4.68 Å². The van der Waals surface area contributed by atoms with E-state index in [9.17, 15) is 13.2 Å². The highest BCUT2D eigenvalue weighted by molar-refractivity contribution is 4.99. The normalized spacial score (nSPS) is 12.0. The first kappa shape index (κ1) is 14.0. The Balaban J connectivity index is 2.20. The predicted octanol–water partition coefficient (Wildman–Crippen LogP) is 1.57. The van der Waals surface area contributed by atoms with Crippen molar-refractivity contribution in [1.29, 1.82) is 0 Å². The number of ether oxygens (including phenoxy) is 1. The Labute approximate surface area is 97.8 Å². The molecule has 0 atom stereocenters. The van der Waals surface area contributed by atoms with Crippen LogP contribution in [-0.2, 0) is 17.8 Å². The summed E-state index contributed by atoms with van der Waals surface area (Å²) in [5, 5.41) is 7.07. The molecule has 0 amide bonds. The first-order valence-electron chi connectivity index (χ1n) is 5.32. The average Bonchev–Trinajstić information content (AvgIpc) is 2.64. The summed E-state index contributed by atoms with van der Waals surface area (Å²) in [6.07, 6.45) is -2.07. The van der Waals surface area contributed by atoms with Gasteiger partial charge in [-0.15, -0.1) is 0 Å². The van der Waals surface area contributed by atoms with Crippen molar-refractivity contribution in [3.63, 3.8) is 0 Å². The molecule has 1 heterocycles. The number of halogens is 3. The highest BCUT2D eigenvalue weighted by Gasteiger charge is 2.27. The van der Waals surface area contributed by atoms with E-state index in [1.54, 1.807) is 10.9 Å². The fourth-order valence-electron chi connectivity index (χ4n) is 1.40. The Morgan fingerprint density at radius 3 is 2.88 bits per heavy atom. The van der Waals surface area contributed by atoms with E-state index < -0.39 is 12.8 Å². The molecule has 0 aromatic carbocycles. The third-order valence-electron chi connectivity index (χ3n) is 2.09. The molecule has 0 aliphatic rings. The van der Waals surface area contributed by atoms with Crippen molar-refractivity contribution in [3.05, 3.63) is 18.0 Å². The van der Waals surface area contributed by atoms with Gasteiger partial charge in [0, 0.05) is 25.9 Å². The van der Waals surface area contributed by atoms with Gasteiger partial charge in [0.15, 0.2) is 0 Å². The summed E-state index contributed by atoms with van der Waals surface area (Å²) in [7, 11) is 1.82. The number of alkyl halides is 3. The van der Waals surface area contributed by atoms with Gasteiger partial charge in [0.1, 0.15) is 6.61 Å². The summed E-state index contributed by atoms with van der Waals surface area (Å²) in [5.74, 6) is 0. The van der Waals surface area contributed by atoms with Crippen LogP contribution in [0.2, 0.25) is 0 Å². The van der Waals surface area contributed by atoms with Gasteiger partial charge in [-0.05, 0) is 19.5 Å². The number of rotatable bonds is 7.